The molecule has 0 amide bonds. The van der Waals surface area contributed by atoms with Crippen molar-refractivity contribution in [2.45, 2.75) is 37.5 Å². The molecule has 0 bridgehead atoms. The van der Waals surface area contributed by atoms with E-state index in [4.69, 9.17) is 17.3 Å². The van der Waals surface area contributed by atoms with Crippen molar-refractivity contribution >= 4 is 11.6 Å². The molecule has 0 aliphatic heterocycles. The van der Waals surface area contributed by atoms with Gasteiger partial charge in [0.15, 0.2) is 0 Å². The highest BCUT2D eigenvalue weighted by Gasteiger charge is 2.59. The third-order valence-electron chi connectivity index (χ3n) is 2.55. The summed E-state index contributed by atoms with van der Waals surface area (Å²) in [4.78, 5) is 0. The maximum Gasteiger partial charge on any atom is 0.423 e. The lowest BCUT2D eigenvalue weighted by Gasteiger charge is -2.30. The third-order valence-corrected chi connectivity index (χ3v) is 2.81. The van der Waals surface area contributed by atoms with Gasteiger partial charge in [-0.15, -0.1) is 0 Å². The van der Waals surface area contributed by atoms with Gasteiger partial charge in [-0.1, -0.05) is 23.7 Å². The zero-order valence-electron chi connectivity index (χ0n) is 10.7. The Morgan fingerprint density at radius 3 is 1.76 bits per heavy atom. The van der Waals surface area contributed by atoms with E-state index in [1.165, 1.54) is 31.2 Å². The molecule has 1 rings (SSSR count). The summed E-state index contributed by atoms with van der Waals surface area (Å²) in [6.45, 7) is 1.25. The zero-order valence-corrected chi connectivity index (χ0v) is 11.4. The monoisotopic (exact) mass is 335 g/mol. The number of benzene rings is 1. The van der Waals surface area contributed by atoms with E-state index in [0.717, 1.165) is 0 Å². The molecule has 0 aliphatic rings. The lowest BCUT2D eigenvalue weighted by Crippen LogP contribution is -2.47. The van der Waals surface area contributed by atoms with Crippen LogP contribution in [0.2, 0.25) is 5.02 Å². The predicted octanol–water partition coefficient (Wildman–Crippen LogP) is 4.24. The fraction of sp³-hybridized carbons (Fsp3) is 0.500. The minimum atomic E-state index is -5.59. The lowest BCUT2D eigenvalue weighted by molar-refractivity contribution is -0.333. The average molecular weight is 336 g/mol. The fourth-order valence-corrected chi connectivity index (χ4v) is 1.77. The molecule has 2 N–H and O–H groups in total. The van der Waals surface area contributed by atoms with Gasteiger partial charge in [0, 0.05) is 11.1 Å². The zero-order chi connectivity index (χ0) is 16.4. The number of hydrogen-bond donors (Lipinski definition) is 1. The maximum absolute atomic E-state index is 12.5. The second kappa shape index (κ2) is 6.41. The van der Waals surface area contributed by atoms with Crippen LogP contribution in [0.4, 0.5) is 26.3 Å². The highest BCUT2D eigenvalue weighted by Crippen LogP contribution is 2.39. The van der Waals surface area contributed by atoms with Crippen LogP contribution >= 0.6 is 11.6 Å². The van der Waals surface area contributed by atoms with Crippen molar-refractivity contribution in [1.29, 1.82) is 0 Å². The molecule has 0 aromatic heterocycles. The third kappa shape index (κ3) is 5.05. The van der Waals surface area contributed by atoms with Crippen LogP contribution in [0.5, 0.6) is 0 Å². The molecule has 2 nitrogen and oxygen atoms in total. The topological polar surface area (TPSA) is 35.2 Å². The summed E-state index contributed by atoms with van der Waals surface area (Å²) < 4.78 is 79.3. The summed E-state index contributed by atoms with van der Waals surface area (Å²) in [6, 6.07) is 4.09. The molecule has 0 saturated carbocycles. The van der Waals surface area contributed by atoms with Crippen LogP contribution in [-0.4, -0.2) is 24.5 Å². The molecule has 0 aliphatic carbocycles. The Hall–Kier alpha value is -0.990. The van der Waals surface area contributed by atoms with Gasteiger partial charge in [0.05, 0.1) is 6.10 Å². The van der Waals surface area contributed by atoms with Gasteiger partial charge in [0.25, 0.3) is 0 Å². The normalized spacial score (nSPS) is 16.1. The van der Waals surface area contributed by atoms with E-state index in [2.05, 4.69) is 4.74 Å². The van der Waals surface area contributed by atoms with Crippen LogP contribution in [0.1, 0.15) is 18.6 Å². The summed E-state index contributed by atoms with van der Waals surface area (Å²) in [7, 11) is 0. The van der Waals surface area contributed by atoms with Crippen molar-refractivity contribution in [3.63, 3.8) is 0 Å². The number of nitrogens with two attached hydrogens (primary N) is 1. The highest BCUT2D eigenvalue weighted by atomic mass is 35.5. The van der Waals surface area contributed by atoms with E-state index < -0.39 is 30.6 Å². The van der Waals surface area contributed by atoms with Crippen molar-refractivity contribution in [1.82, 2.24) is 0 Å². The summed E-state index contributed by atoms with van der Waals surface area (Å²) in [5.41, 5.74) is 5.53. The van der Waals surface area contributed by atoms with E-state index in [0.29, 0.717) is 0 Å². The van der Waals surface area contributed by atoms with E-state index in [1.807, 2.05) is 0 Å². The minimum Gasteiger partial charge on any atom is -0.351 e. The van der Waals surface area contributed by atoms with Crippen molar-refractivity contribution < 1.29 is 31.1 Å². The van der Waals surface area contributed by atoms with Gasteiger partial charge in [-0.25, -0.2) is 0 Å². The van der Waals surface area contributed by atoms with Crippen LogP contribution in [0.3, 0.4) is 0 Å². The fourth-order valence-electron chi connectivity index (χ4n) is 1.65. The van der Waals surface area contributed by atoms with Crippen LogP contribution in [0.15, 0.2) is 24.3 Å². The van der Waals surface area contributed by atoms with E-state index >= 15 is 0 Å². The molecule has 0 fully saturated rings. The Balaban J connectivity index is 3.09. The standard InChI is InChI=1S/C12H12ClF6NO/c1-6(20)9(7-2-4-8(13)5-3-7)21-10(11(14,15)16)12(17,18)19/h2-6,9-10H,20H2,1H3. The number of alkyl halides is 6. The molecule has 0 radical (unpaired) electrons. The van der Waals surface area contributed by atoms with Crippen LogP contribution in [0.25, 0.3) is 0 Å². The van der Waals surface area contributed by atoms with Crippen molar-refractivity contribution in [2.24, 2.45) is 5.73 Å². The molecule has 21 heavy (non-hydrogen) atoms. The Kier molecular flexibility index (Phi) is 5.51. The van der Waals surface area contributed by atoms with Crippen molar-refractivity contribution in [3.05, 3.63) is 34.9 Å². The van der Waals surface area contributed by atoms with Gasteiger partial charge in [-0.3, -0.25) is 0 Å². The smallest absolute Gasteiger partial charge is 0.351 e. The second-order valence-corrected chi connectivity index (χ2v) is 4.87. The summed E-state index contributed by atoms with van der Waals surface area (Å²) in [5.74, 6) is 0. The number of hydrogen-bond acceptors (Lipinski definition) is 2. The Labute approximate surface area is 121 Å². The molecule has 9 heteroatoms. The molecule has 1 aromatic rings. The van der Waals surface area contributed by atoms with Gasteiger partial charge < -0.3 is 10.5 Å². The molecular weight excluding hydrogens is 324 g/mol. The largest absolute Gasteiger partial charge is 0.423 e. The molecule has 0 spiro atoms. The molecule has 0 saturated heterocycles. The van der Waals surface area contributed by atoms with Crippen molar-refractivity contribution in [3.8, 4) is 0 Å². The minimum absolute atomic E-state index is 0.0768. The van der Waals surface area contributed by atoms with Gasteiger partial charge in [0.1, 0.15) is 0 Å². The number of ether oxygens (including phenoxy) is 1. The first-order chi connectivity index (χ1) is 9.43. The summed E-state index contributed by atoms with van der Waals surface area (Å²) in [6.07, 6.45) is -16.7. The molecule has 2 atom stereocenters. The van der Waals surface area contributed by atoms with E-state index in [-0.39, 0.29) is 10.6 Å². The van der Waals surface area contributed by atoms with Gasteiger partial charge in [-0.2, -0.15) is 26.3 Å². The van der Waals surface area contributed by atoms with Gasteiger partial charge in [-0.05, 0) is 24.6 Å². The van der Waals surface area contributed by atoms with Gasteiger partial charge in [0.2, 0.25) is 6.10 Å². The first-order valence-electron chi connectivity index (χ1n) is 5.73. The average Bonchev–Trinajstić information content (AvgIpc) is 2.27. The van der Waals surface area contributed by atoms with Crippen LogP contribution < -0.4 is 5.73 Å². The van der Waals surface area contributed by atoms with E-state index in [1.54, 1.807) is 0 Å². The molecule has 0 heterocycles. The Morgan fingerprint density at radius 2 is 1.43 bits per heavy atom. The Bertz CT molecular complexity index is 442. The SMILES string of the molecule is CC(N)C(OC(C(F)(F)F)C(F)(F)F)c1ccc(Cl)cc1. The lowest BCUT2D eigenvalue weighted by atomic mass is 10.0. The predicted molar refractivity (Wildman–Crippen MR) is 64.8 cm³/mol. The summed E-state index contributed by atoms with van der Waals surface area (Å²) in [5, 5.41) is 0.283. The quantitative estimate of drug-likeness (QED) is 0.835. The molecule has 1 aromatic carbocycles. The highest BCUT2D eigenvalue weighted by molar-refractivity contribution is 6.30. The number of rotatable bonds is 4. The molecule has 120 valence electrons. The Morgan fingerprint density at radius 1 is 1.00 bits per heavy atom. The number of halogens is 7. The van der Waals surface area contributed by atoms with Crippen LogP contribution in [-0.2, 0) is 4.74 Å². The molecular formula is C12H12ClF6NO. The summed E-state index contributed by atoms with van der Waals surface area (Å²) >= 11 is 5.61. The first-order valence-corrected chi connectivity index (χ1v) is 6.10. The van der Waals surface area contributed by atoms with E-state index in [9.17, 15) is 26.3 Å². The second-order valence-electron chi connectivity index (χ2n) is 4.43. The first kappa shape index (κ1) is 18.1. The van der Waals surface area contributed by atoms with Gasteiger partial charge >= 0.3 is 12.4 Å². The maximum atomic E-state index is 12.5. The molecule has 2 unspecified atom stereocenters. The van der Waals surface area contributed by atoms with Crippen LogP contribution in [0, 0.1) is 0 Å². The van der Waals surface area contributed by atoms with Crippen molar-refractivity contribution in [2.75, 3.05) is 0 Å².